The average Bonchev–Trinajstić information content (AvgIpc) is 2.80. The summed E-state index contributed by atoms with van der Waals surface area (Å²) in [6.07, 6.45) is 1.72. The third-order valence-electron chi connectivity index (χ3n) is 4.95. The highest BCUT2D eigenvalue weighted by molar-refractivity contribution is 6.33. The van der Waals surface area contributed by atoms with E-state index in [1.165, 1.54) is 0 Å². The Labute approximate surface area is 180 Å². The van der Waals surface area contributed by atoms with Crippen molar-refractivity contribution in [3.05, 3.63) is 71.4 Å². The Morgan fingerprint density at radius 3 is 2.63 bits per heavy atom. The molecule has 0 saturated carbocycles. The van der Waals surface area contributed by atoms with Gasteiger partial charge in [0.2, 0.25) is 5.95 Å². The molecule has 1 amide bonds. The lowest BCUT2D eigenvalue weighted by Gasteiger charge is -2.34. The van der Waals surface area contributed by atoms with Crippen LogP contribution < -0.4 is 15.0 Å². The number of piperazine rings is 1. The molecule has 1 N–H and O–H groups in total. The molecule has 154 valence electrons. The lowest BCUT2D eigenvalue weighted by atomic mass is 10.1. The summed E-state index contributed by atoms with van der Waals surface area (Å²) in [7, 11) is 1.59. The number of methoxy groups -OCH3 is 1. The van der Waals surface area contributed by atoms with Gasteiger partial charge in [0.1, 0.15) is 11.6 Å². The second-order valence-electron chi connectivity index (χ2n) is 6.86. The van der Waals surface area contributed by atoms with Crippen LogP contribution in [0.2, 0.25) is 5.02 Å². The van der Waals surface area contributed by atoms with Gasteiger partial charge in [0.05, 0.1) is 17.8 Å². The number of benzene rings is 2. The number of hydrogen-bond donors (Lipinski definition) is 1. The van der Waals surface area contributed by atoms with Crippen molar-refractivity contribution >= 4 is 35.0 Å². The molecule has 2 aromatic carbocycles. The molecule has 4 rings (SSSR count). The molecule has 30 heavy (non-hydrogen) atoms. The molecule has 1 fully saturated rings. The molecule has 1 aliphatic heterocycles. The summed E-state index contributed by atoms with van der Waals surface area (Å²) < 4.78 is 5.22. The van der Waals surface area contributed by atoms with Crippen LogP contribution in [0.4, 0.5) is 17.5 Å². The minimum atomic E-state index is 0.00334. The predicted molar refractivity (Wildman–Crippen MR) is 118 cm³/mol. The molecular formula is C22H22ClN5O2. The average molecular weight is 424 g/mol. The lowest BCUT2D eigenvalue weighted by Crippen LogP contribution is -2.49. The van der Waals surface area contributed by atoms with Crippen LogP contribution in [0.25, 0.3) is 0 Å². The summed E-state index contributed by atoms with van der Waals surface area (Å²) in [4.78, 5) is 25.7. The number of anilines is 3. The van der Waals surface area contributed by atoms with Gasteiger partial charge in [0, 0.05) is 37.9 Å². The van der Waals surface area contributed by atoms with Crippen LogP contribution in [0.1, 0.15) is 10.4 Å². The van der Waals surface area contributed by atoms with Crippen molar-refractivity contribution in [2.24, 2.45) is 0 Å². The number of ether oxygens (including phenoxy) is 1. The molecule has 8 heteroatoms. The van der Waals surface area contributed by atoms with Crippen LogP contribution in [0, 0.1) is 0 Å². The second-order valence-corrected chi connectivity index (χ2v) is 7.27. The molecule has 0 aliphatic carbocycles. The number of nitrogens with one attached hydrogen (secondary N) is 1. The summed E-state index contributed by atoms with van der Waals surface area (Å²) in [6.45, 7) is 2.51. The van der Waals surface area contributed by atoms with Crippen molar-refractivity contribution in [1.82, 2.24) is 14.9 Å². The first kappa shape index (κ1) is 20.0. The van der Waals surface area contributed by atoms with Crippen molar-refractivity contribution in [3.63, 3.8) is 0 Å². The highest BCUT2D eigenvalue weighted by Crippen LogP contribution is 2.25. The van der Waals surface area contributed by atoms with E-state index < -0.39 is 0 Å². The summed E-state index contributed by atoms with van der Waals surface area (Å²) in [5.41, 5.74) is 1.42. The number of hydrogen-bond acceptors (Lipinski definition) is 6. The minimum Gasteiger partial charge on any atom is -0.497 e. The van der Waals surface area contributed by atoms with Crippen LogP contribution in [-0.4, -0.2) is 54.1 Å². The number of nitrogens with zero attached hydrogens (tertiary/aromatic N) is 4. The van der Waals surface area contributed by atoms with Gasteiger partial charge in [0.25, 0.3) is 5.91 Å². The smallest absolute Gasteiger partial charge is 0.254 e. The SMILES string of the molecule is COc1cccc(C(=O)N2CCN(c3nccc(Nc4ccccc4Cl)n3)CC2)c1. The predicted octanol–water partition coefficient (Wildman–Crippen LogP) is 3.84. The molecule has 0 bridgehead atoms. The molecule has 0 atom stereocenters. The maximum atomic E-state index is 12.8. The highest BCUT2D eigenvalue weighted by Gasteiger charge is 2.24. The van der Waals surface area contributed by atoms with Crippen molar-refractivity contribution < 1.29 is 9.53 Å². The Bertz CT molecular complexity index is 1040. The highest BCUT2D eigenvalue weighted by atomic mass is 35.5. The molecule has 7 nitrogen and oxygen atoms in total. The molecular weight excluding hydrogens is 402 g/mol. The van der Waals surface area contributed by atoms with E-state index in [0.717, 1.165) is 5.69 Å². The van der Waals surface area contributed by atoms with Gasteiger partial charge in [-0.25, -0.2) is 4.98 Å². The monoisotopic (exact) mass is 423 g/mol. The van der Waals surface area contributed by atoms with Crippen LogP contribution in [0.3, 0.4) is 0 Å². The van der Waals surface area contributed by atoms with Crippen molar-refractivity contribution in [1.29, 1.82) is 0 Å². The van der Waals surface area contributed by atoms with E-state index in [4.69, 9.17) is 16.3 Å². The van der Waals surface area contributed by atoms with Gasteiger partial charge in [-0.2, -0.15) is 4.98 Å². The van der Waals surface area contributed by atoms with E-state index in [1.54, 1.807) is 25.4 Å². The number of para-hydroxylation sites is 1. The van der Waals surface area contributed by atoms with Gasteiger partial charge in [-0.3, -0.25) is 4.79 Å². The number of halogens is 1. The zero-order valence-corrected chi connectivity index (χ0v) is 17.3. The van der Waals surface area contributed by atoms with Gasteiger partial charge in [-0.05, 0) is 36.4 Å². The Hall–Kier alpha value is -3.32. The normalized spacial score (nSPS) is 13.8. The van der Waals surface area contributed by atoms with Crippen LogP contribution in [0.15, 0.2) is 60.8 Å². The fourth-order valence-corrected chi connectivity index (χ4v) is 3.50. The zero-order valence-electron chi connectivity index (χ0n) is 16.6. The fraction of sp³-hybridized carbons (Fsp3) is 0.227. The summed E-state index contributed by atoms with van der Waals surface area (Å²) >= 11 is 6.22. The molecule has 1 saturated heterocycles. The molecule has 1 aliphatic rings. The Morgan fingerprint density at radius 2 is 1.87 bits per heavy atom. The lowest BCUT2D eigenvalue weighted by molar-refractivity contribution is 0.0746. The Balaban J connectivity index is 1.40. The molecule has 2 heterocycles. The number of amides is 1. The zero-order chi connectivity index (χ0) is 20.9. The largest absolute Gasteiger partial charge is 0.497 e. The molecule has 0 radical (unpaired) electrons. The molecule has 3 aromatic rings. The quantitative estimate of drug-likeness (QED) is 0.672. The maximum Gasteiger partial charge on any atom is 0.254 e. The van der Waals surface area contributed by atoms with Crippen LogP contribution >= 0.6 is 11.6 Å². The molecule has 0 unspecified atom stereocenters. The van der Waals surface area contributed by atoms with E-state index in [0.29, 0.717) is 54.3 Å². The Morgan fingerprint density at radius 1 is 1.07 bits per heavy atom. The Kier molecular flexibility index (Phi) is 5.99. The topological polar surface area (TPSA) is 70.6 Å². The first-order valence-corrected chi connectivity index (χ1v) is 10.0. The first-order valence-electron chi connectivity index (χ1n) is 9.67. The maximum absolute atomic E-state index is 12.8. The van der Waals surface area contributed by atoms with Crippen LogP contribution in [0.5, 0.6) is 5.75 Å². The van der Waals surface area contributed by atoms with Crippen molar-refractivity contribution in [2.75, 3.05) is 43.5 Å². The number of carbonyl (C=O) groups excluding carboxylic acids is 1. The van der Waals surface area contributed by atoms with Gasteiger partial charge in [-0.1, -0.05) is 29.8 Å². The number of carbonyl (C=O) groups is 1. The van der Waals surface area contributed by atoms with Crippen molar-refractivity contribution in [3.8, 4) is 5.75 Å². The summed E-state index contributed by atoms with van der Waals surface area (Å²) in [5.74, 6) is 1.97. The van der Waals surface area contributed by atoms with E-state index >= 15 is 0 Å². The van der Waals surface area contributed by atoms with Gasteiger partial charge in [-0.15, -0.1) is 0 Å². The number of aromatic nitrogens is 2. The van der Waals surface area contributed by atoms with Crippen LogP contribution in [-0.2, 0) is 0 Å². The van der Waals surface area contributed by atoms with E-state index in [1.807, 2.05) is 47.4 Å². The summed E-state index contributed by atoms with van der Waals surface area (Å²) in [6, 6.07) is 16.5. The third-order valence-corrected chi connectivity index (χ3v) is 5.28. The molecule has 1 aromatic heterocycles. The molecule has 0 spiro atoms. The van der Waals surface area contributed by atoms with E-state index in [2.05, 4.69) is 20.2 Å². The second kappa shape index (κ2) is 9.00. The van der Waals surface area contributed by atoms with E-state index in [9.17, 15) is 4.79 Å². The fourth-order valence-electron chi connectivity index (χ4n) is 3.32. The number of rotatable bonds is 5. The first-order chi connectivity index (χ1) is 14.6. The van der Waals surface area contributed by atoms with E-state index in [-0.39, 0.29) is 5.91 Å². The van der Waals surface area contributed by atoms with Crippen molar-refractivity contribution in [2.45, 2.75) is 0 Å². The third kappa shape index (κ3) is 4.46. The standard InChI is InChI=1S/C22H22ClN5O2/c1-30-17-6-4-5-16(15-17)21(29)27-11-13-28(14-12-27)22-24-10-9-20(26-22)25-19-8-3-2-7-18(19)23/h2-10,15H,11-14H2,1H3,(H,24,25,26). The van der Waals surface area contributed by atoms with Gasteiger partial charge >= 0.3 is 0 Å². The minimum absolute atomic E-state index is 0.00334. The van der Waals surface area contributed by atoms with Gasteiger partial charge in [0.15, 0.2) is 0 Å². The van der Waals surface area contributed by atoms with Gasteiger partial charge < -0.3 is 19.9 Å². The summed E-state index contributed by atoms with van der Waals surface area (Å²) in [5, 5.41) is 3.85.